The molecule has 2 aliphatic heterocycles. The Bertz CT molecular complexity index is 586. The summed E-state index contributed by atoms with van der Waals surface area (Å²) in [5.74, 6) is -0.0117. The average Bonchev–Trinajstić information content (AvgIpc) is 3.10. The quantitative estimate of drug-likeness (QED) is 0.906. The number of nitrogens with two attached hydrogens (primary N) is 1. The summed E-state index contributed by atoms with van der Waals surface area (Å²) in [6.07, 6.45) is 0.950. The van der Waals surface area contributed by atoms with Crippen molar-refractivity contribution in [1.82, 2.24) is 9.80 Å². The highest BCUT2D eigenvalue weighted by molar-refractivity contribution is 7.10. The number of likely N-dealkylation sites (tertiary alicyclic amines) is 1. The van der Waals surface area contributed by atoms with E-state index in [1.54, 1.807) is 11.3 Å². The van der Waals surface area contributed by atoms with Gasteiger partial charge in [-0.25, -0.2) is 0 Å². The van der Waals surface area contributed by atoms with E-state index in [-0.39, 0.29) is 29.7 Å². The van der Waals surface area contributed by atoms with Gasteiger partial charge in [-0.1, -0.05) is 6.92 Å². The van der Waals surface area contributed by atoms with E-state index in [2.05, 4.69) is 16.3 Å². The van der Waals surface area contributed by atoms with Crippen molar-refractivity contribution in [2.45, 2.75) is 32.9 Å². The highest BCUT2D eigenvalue weighted by Gasteiger charge is 2.38. The van der Waals surface area contributed by atoms with Gasteiger partial charge in [0.2, 0.25) is 11.8 Å². The Hall–Kier alpha value is -1.40. The van der Waals surface area contributed by atoms with Gasteiger partial charge in [0.05, 0.1) is 12.0 Å². The molecule has 0 radical (unpaired) electrons. The number of thiophene rings is 1. The van der Waals surface area contributed by atoms with Crippen LogP contribution in [0.3, 0.4) is 0 Å². The number of rotatable bonds is 3. The lowest BCUT2D eigenvalue weighted by atomic mass is 9.98. The standard InChI is InChI=1S/C16H23N3O2S/c1-10-7-19(9-13(10)15(17)20)11(2)16(21)18-5-3-14-12(8-18)4-6-22-14/h4,6,10-11,13H,3,5,7-9H2,1-2H3,(H2,17,20)/t10-,11?,13-/m1/s1. The normalized spacial score (nSPS) is 26.7. The average molecular weight is 321 g/mol. The van der Waals surface area contributed by atoms with E-state index in [0.717, 1.165) is 19.5 Å². The summed E-state index contributed by atoms with van der Waals surface area (Å²) in [7, 11) is 0. The molecule has 3 atom stereocenters. The molecule has 2 N–H and O–H groups in total. The first-order chi connectivity index (χ1) is 10.5. The highest BCUT2D eigenvalue weighted by atomic mass is 32.1. The Morgan fingerprint density at radius 1 is 1.41 bits per heavy atom. The zero-order chi connectivity index (χ0) is 15.9. The van der Waals surface area contributed by atoms with Crippen LogP contribution in [0.4, 0.5) is 0 Å². The first-order valence-corrected chi connectivity index (χ1v) is 8.72. The van der Waals surface area contributed by atoms with Crippen LogP contribution < -0.4 is 5.73 Å². The first kappa shape index (κ1) is 15.5. The van der Waals surface area contributed by atoms with Crippen molar-refractivity contribution in [3.8, 4) is 0 Å². The molecule has 1 fully saturated rings. The van der Waals surface area contributed by atoms with Crippen LogP contribution in [0.1, 0.15) is 24.3 Å². The third kappa shape index (κ3) is 2.77. The molecule has 0 aliphatic carbocycles. The van der Waals surface area contributed by atoms with Crippen molar-refractivity contribution in [1.29, 1.82) is 0 Å². The Balaban J connectivity index is 1.65. The molecule has 1 aromatic heterocycles. The second kappa shape index (κ2) is 6.01. The van der Waals surface area contributed by atoms with E-state index in [0.29, 0.717) is 13.1 Å². The van der Waals surface area contributed by atoms with Crippen LogP contribution in [0.25, 0.3) is 0 Å². The fourth-order valence-corrected chi connectivity index (χ4v) is 4.44. The van der Waals surface area contributed by atoms with Crippen LogP contribution in [0.5, 0.6) is 0 Å². The zero-order valence-electron chi connectivity index (χ0n) is 13.1. The van der Waals surface area contributed by atoms with Crippen molar-refractivity contribution in [3.63, 3.8) is 0 Å². The minimum atomic E-state index is -0.254. The Morgan fingerprint density at radius 2 is 2.18 bits per heavy atom. The Labute approximate surface area is 135 Å². The van der Waals surface area contributed by atoms with Gasteiger partial charge in [-0.15, -0.1) is 11.3 Å². The van der Waals surface area contributed by atoms with Crippen LogP contribution in [0.2, 0.25) is 0 Å². The second-order valence-corrected chi connectivity index (χ2v) is 7.50. The molecular weight excluding hydrogens is 298 g/mol. The Kier molecular flexibility index (Phi) is 4.23. The first-order valence-electron chi connectivity index (χ1n) is 7.84. The molecule has 3 heterocycles. The van der Waals surface area contributed by atoms with Crippen molar-refractivity contribution < 1.29 is 9.59 Å². The molecule has 120 valence electrons. The van der Waals surface area contributed by atoms with Gasteiger partial charge in [0.1, 0.15) is 0 Å². The predicted molar refractivity (Wildman–Crippen MR) is 86.3 cm³/mol. The number of amides is 2. The third-order valence-corrected chi connectivity index (χ3v) is 6.05. The third-order valence-electron chi connectivity index (χ3n) is 5.03. The van der Waals surface area contributed by atoms with Crippen molar-refractivity contribution >= 4 is 23.2 Å². The number of hydrogen-bond donors (Lipinski definition) is 1. The molecule has 0 saturated carbocycles. The van der Waals surface area contributed by atoms with Crippen LogP contribution in [-0.4, -0.2) is 47.3 Å². The lowest BCUT2D eigenvalue weighted by molar-refractivity contribution is -0.137. The van der Waals surface area contributed by atoms with Gasteiger partial charge in [-0.3, -0.25) is 14.5 Å². The van der Waals surface area contributed by atoms with E-state index < -0.39 is 0 Å². The topological polar surface area (TPSA) is 66.6 Å². The molecule has 0 bridgehead atoms. The second-order valence-electron chi connectivity index (χ2n) is 6.49. The molecule has 6 heteroatoms. The van der Waals surface area contributed by atoms with Gasteiger partial charge in [0.15, 0.2) is 0 Å². The lowest BCUT2D eigenvalue weighted by Gasteiger charge is -2.32. The van der Waals surface area contributed by atoms with Crippen molar-refractivity contribution in [2.75, 3.05) is 19.6 Å². The molecule has 2 aliphatic rings. The van der Waals surface area contributed by atoms with Gasteiger partial charge in [0, 0.05) is 31.1 Å². The molecule has 1 saturated heterocycles. The van der Waals surface area contributed by atoms with Crippen LogP contribution in [0.15, 0.2) is 11.4 Å². The van der Waals surface area contributed by atoms with E-state index in [4.69, 9.17) is 5.73 Å². The van der Waals surface area contributed by atoms with Gasteiger partial charge in [0.25, 0.3) is 0 Å². The monoisotopic (exact) mass is 321 g/mol. The maximum absolute atomic E-state index is 12.8. The predicted octanol–water partition coefficient (Wildman–Crippen LogP) is 1.07. The number of carbonyl (C=O) groups is 2. The SMILES string of the molecule is CC(C(=O)N1CCc2sccc2C1)N1C[C@@H](C)[C@H](C(N)=O)C1. The van der Waals surface area contributed by atoms with Gasteiger partial charge >= 0.3 is 0 Å². The summed E-state index contributed by atoms with van der Waals surface area (Å²) >= 11 is 1.78. The molecular formula is C16H23N3O2S. The Morgan fingerprint density at radius 3 is 2.86 bits per heavy atom. The lowest BCUT2D eigenvalue weighted by Crippen LogP contribution is -2.48. The summed E-state index contributed by atoms with van der Waals surface area (Å²) in [6.45, 7) is 6.84. The minimum Gasteiger partial charge on any atom is -0.369 e. The number of fused-ring (bicyclic) bond motifs is 1. The fourth-order valence-electron chi connectivity index (χ4n) is 3.55. The summed E-state index contributed by atoms with van der Waals surface area (Å²) in [5, 5.41) is 2.10. The van der Waals surface area contributed by atoms with E-state index in [9.17, 15) is 9.59 Å². The summed E-state index contributed by atoms with van der Waals surface area (Å²) in [4.78, 5) is 29.7. The van der Waals surface area contributed by atoms with Crippen molar-refractivity contribution in [2.24, 2.45) is 17.6 Å². The van der Waals surface area contributed by atoms with Gasteiger partial charge in [-0.2, -0.15) is 0 Å². The van der Waals surface area contributed by atoms with E-state index in [1.807, 2.05) is 18.7 Å². The van der Waals surface area contributed by atoms with E-state index >= 15 is 0 Å². The molecule has 1 aromatic rings. The van der Waals surface area contributed by atoms with Gasteiger partial charge in [-0.05, 0) is 36.3 Å². The zero-order valence-corrected chi connectivity index (χ0v) is 13.9. The molecule has 1 unspecified atom stereocenters. The maximum atomic E-state index is 12.8. The van der Waals surface area contributed by atoms with Crippen LogP contribution in [-0.2, 0) is 22.6 Å². The number of hydrogen-bond acceptors (Lipinski definition) is 4. The fraction of sp³-hybridized carbons (Fsp3) is 0.625. The molecule has 0 aromatic carbocycles. The molecule has 0 spiro atoms. The molecule has 3 rings (SSSR count). The maximum Gasteiger partial charge on any atom is 0.239 e. The summed E-state index contributed by atoms with van der Waals surface area (Å²) in [6, 6.07) is 1.93. The van der Waals surface area contributed by atoms with Crippen LogP contribution >= 0.6 is 11.3 Å². The van der Waals surface area contributed by atoms with Crippen LogP contribution in [0, 0.1) is 11.8 Å². The molecule has 5 nitrogen and oxygen atoms in total. The van der Waals surface area contributed by atoms with E-state index in [1.165, 1.54) is 10.4 Å². The summed E-state index contributed by atoms with van der Waals surface area (Å²) in [5.41, 5.74) is 6.73. The van der Waals surface area contributed by atoms with Crippen molar-refractivity contribution in [3.05, 3.63) is 21.9 Å². The number of primary amides is 1. The highest BCUT2D eigenvalue weighted by Crippen LogP contribution is 2.27. The largest absolute Gasteiger partial charge is 0.369 e. The van der Waals surface area contributed by atoms with Gasteiger partial charge < -0.3 is 10.6 Å². The minimum absolute atomic E-state index is 0.139. The summed E-state index contributed by atoms with van der Waals surface area (Å²) < 4.78 is 0. The molecule has 2 amide bonds. The smallest absolute Gasteiger partial charge is 0.239 e. The molecule has 22 heavy (non-hydrogen) atoms. The number of carbonyl (C=O) groups excluding carboxylic acids is 2. The number of nitrogens with zero attached hydrogens (tertiary/aromatic N) is 2.